The first kappa shape index (κ1) is 17.1. The molecule has 0 radical (unpaired) electrons. The molecule has 4 rings (SSSR count). The van der Waals surface area contributed by atoms with E-state index in [0.717, 1.165) is 12.8 Å². The van der Waals surface area contributed by atoms with E-state index < -0.39 is 42.1 Å². The van der Waals surface area contributed by atoms with E-state index >= 15 is 13.2 Å². The van der Waals surface area contributed by atoms with Crippen LogP contribution >= 0.6 is 0 Å². The minimum Gasteiger partial charge on any atom is -0.393 e. The van der Waals surface area contributed by atoms with Gasteiger partial charge in [-0.05, 0) is 61.7 Å². The van der Waals surface area contributed by atoms with Crippen LogP contribution in [0.25, 0.3) is 0 Å². The molecule has 4 aliphatic rings. The van der Waals surface area contributed by atoms with Crippen LogP contribution in [0.2, 0.25) is 0 Å². The van der Waals surface area contributed by atoms with E-state index in [1.54, 1.807) is 6.92 Å². The third-order valence-electron chi connectivity index (χ3n) is 8.70. The van der Waals surface area contributed by atoms with Gasteiger partial charge in [0.2, 0.25) is 0 Å². The lowest BCUT2D eigenvalue weighted by Gasteiger charge is -2.64. The highest BCUT2D eigenvalue weighted by molar-refractivity contribution is 5.19. The van der Waals surface area contributed by atoms with E-state index in [-0.39, 0.29) is 23.2 Å². The molecule has 0 aromatic rings. The molecule has 0 aromatic carbocycles. The normalized spacial score (nSPS) is 59.4. The molecular formula is C19H29F3O2. The maximum Gasteiger partial charge on any atom is 0.282 e. The highest BCUT2D eigenvalue weighted by Gasteiger charge is 2.75. The average Bonchev–Trinajstić information content (AvgIpc) is 2.79. The van der Waals surface area contributed by atoms with Crippen LogP contribution < -0.4 is 0 Å². The number of hydrogen-bond acceptors (Lipinski definition) is 2. The molecule has 2 nitrogen and oxygen atoms in total. The third-order valence-corrected chi connectivity index (χ3v) is 8.70. The van der Waals surface area contributed by atoms with Crippen molar-refractivity contribution in [2.45, 2.75) is 89.0 Å². The third kappa shape index (κ3) is 1.86. The Morgan fingerprint density at radius 1 is 0.833 bits per heavy atom. The number of aliphatic hydroxyl groups is 2. The molecule has 5 heteroatoms. The van der Waals surface area contributed by atoms with E-state index in [4.69, 9.17) is 0 Å². The van der Waals surface area contributed by atoms with Crippen LogP contribution in [0, 0.1) is 28.6 Å². The van der Waals surface area contributed by atoms with Gasteiger partial charge in [0, 0.05) is 18.3 Å². The van der Waals surface area contributed by atoms with Crippen LogP contribution in [0.1, 0.15) is 65.2 Å². The Morgan fingerprint density at radius 3 is 2.25 bits per heavy atom. The fourth-order valence-electron chi connectivity index (χ4n) is 7.16. The Morgan fingerprint density at radius 2 is 1.54 bits per heavy atom. The number of halogens is 3. The van der Waals surface area contributed by atoms with Crippen molar-refractivity contribution in [2.24, 2.45) is 28.6 Å². The molecule has 8 atom stereocenters. The Hall–Kier alpha value is -0.290. The maximum absolute atomic E-state index is 15.8. The summed E-state index contributed by atoms with van der Waals surface area (Å²) in [6.07, 6.45) is 1.43. The van der Waals surface area contributed by atoms with Gasteiger partial charge in [-0.25, -0.2) is 13.2 Å². The van der Waals surface area contributed by atoms with Gasteiger partial charge in [0.25, 0.3) is 5.92 Å². The summed E-state index contributed by atoms with van der Waals surface area (Å²) >= 11 is 0. The maximum atomic E-state index is 15.8. The van der Waals surface area contributed by atoms with E-state index in [1.807, 2.05) is 6.92 Å². The standard InChI is InChI=1S/C19H29F3O2/c1-16-7-6-14-12(13(16)3-4-15(16)24)10-19(21,22)18(20)9-11(23)5-8-17(14,18)2/h11-15,23-24H,3-10H2,1-2H3/t11?,12-,13-,14+,15?,16-,17+,18?/m0/s1. The first-order chi connectivity index (χ1) is 11.1. The molecule has 138 valence electrons. The summed E-state index contributed by atoms with van der Waals surface area (Å²) in [7, 11) is 0. The first-order valence-electron chi connectivity index (χ1n) is 9.48. The van der Waals surface area contributed by atoms with Gasteiger partial charge in [-0.3, -0.25) is 0 Å². The lowest BCUT2D eigenvalue weighted by atomic mass is 9.43. The Bertz CT molecular complexity index is 541. The fraction of sp³-hybridized carbons (Fsp3) is 1.00. The molecule has 0 saturated heterocycles. The van der Waals surface area contributed by atoms with E-state index in [1.165, 1.54) is 0 Å². The quantitative estimate of drug-likeness (QED) is 0.694. The zero-order chi connectivity index (χ0) is 17.5. The Balaban J connectivity index is 1.76. The van der Waals surface area contributed by atoms with Crippen molar-refractivity contribution in [2.75, 3.05) is 0 Å². The van der Waals surface area contributed by atoms with Crippen LogP contribution in [-0.4, -0.2) is 34.0 Å². The molecule has 0 aromatic heterocycles. The highest BCUT2D eigenvalue weighted by atomic mass is 19.3. The molecule has 0 bridgehead atoms. The van der Waals surface area contributed by atoms with Gasteiger partial charge in [-0.15, -0.1) is 0 Å². The van der Waals surface area contributed by atoms with Gasteiger partial charge >= 0.3 is 0 Å². The molecule has 4 aliphatic carbocycles. The molecule has 0 heterocycles. The zero-order valence-electron chi connectivity index (χ0n) is 14.6. The largest absolute Gasteiger partial charge is 0.393 e. The number of rotatable bonds is 0. The lowest BCUT2D eigenvalue weighted by molar-refractivity contribution is -0.294. The van der Waals surface area contributed by atoms with E-state index in [2.05, 4.69) is 0 Å². The molecule has 24 heavy (non-hydrogen) atoms. The molecular weight excluding hydrogens is 317 g/mol. The summed E-state index contributed by atoms with van der Waals surface area (Å²) in [5.41, 5.74) is -3.98. The SMILES string of the molecule is C[C@]12CC[C@@H]3[C@@H](CC(F)(F)C4(F)CC(O)CC[C@]34C)[C@@H]1CCC2O. The summed E-state index contributed by atoms with van der Waals surface area (Å²) in [5, 5.41) is 20.3. The van der Waals surface area contributed by atoms with Gasteiger partial charge in [-0.1, -0.05) is 13.8 Å². The van der Waals surface area contributed by atoms with Crippen LogP contribution in [0.4, 0.5) is 13.2 Å². The van der Waals surface area contributed by atoms with Crippen molar-refractivity contribution in [3.05, 3.63) is 0 Å². The van der Waals surface area contributed by atoms with Crippen molar-refractivity contribution in [3.8, 4) is 0 Å². The van der Waals surface area contributed by atoms with Gasteiger partial charge in [0.1, 0.15) is 0 Å². The molecule has 3 unspecified atom stereocenters. The molecule has 0 aliphatic heterocycles. The van der Waals surface area contributed by atoms with Crippen LogP contribution in [0.5, 0.6) is 0 Å². The van der Waals surface area contributed by atoms with Crippen LogP contribution in [0.15, 0.2) is 0 Å². The second-order valence-electron chi connectivity index (χ2n) is 9.54. The monoisotopic (exact) mass is 346 g/mol. The average molecular weight is 346 g/mol. The summed E-state index contributed by atoms with van der Waals surface area (Å²) < 4.78 is 45.8. The van der Waals surface area contributed by atoms with Gasteiger partial charge in [0.15, 0.2) is 5.67 Å². The molecule has 4 fully saturated rings. The molecule has 2 N–H and O–H groups in total. The lowest BCUT2D eigenvalue weighted by Crippen LogP contribution is -2.69. The number of fused-ring (bicyclic) bond motifs is 5. The van der Waals surface area contributed by atoms with E-state index in [9.17, 15) is 10.2 Å². The van der Waals surface area contributed by atoms with Gasteiger partial charge < -0.3 is 10.2 Å². The van der Waals surface area contributed by atoms with E-state index in [0.29, 0.717) is 25.7 Å². The van der Waals surface area contributed by atoms with Gasteiger partial charge in [-0.2, -0.15) is 0 Å². The summed E-state index contributed by atoms with van der Waals surface area (Å²) in [6, 6.07) is 0. The minimum absolute atomic E-state index is 0.0605. The topological polar surface area (TPSA) is 40.5 Å². The minimum atomic E-state index is -3.41. The second-order valence-corrected chi connectivity index (χ2v) is 9.54. The van der Waals surface area contributed by atoms with Crippen molar-refractivity contribution in [1.82, 2.24) is 0 Å². The number of alkyl halides is 3. The van der Waals surface area contributed by atoms with Crippen molar-refractivity contribution < 1.29 is 23.4 Å². The predicted octanol–water partition coefficient (Wildman–Crippen LogP) is 4.09. The molecule has 0 amide bonds. The summed E-state index contributed by atoms with van der Waals surface area (Å²) in [6.45, 7) is 3.74. The zero-order valence-corrected chi connectivity index (χ0v) is 14.6. The number of aliphatic hydroxyl groups excluding tert-OH is 2. The first-order valence-corrected chi connectivity index (χ1v) is 9.48. The fourth-order valence-corrected chi connectivity index (χ4v) is 7.16. The van der Waals surface area contributed by atoms with Crippen LogP contribution in [-0.2, 0) is 0 Å². The predicted molar refractivity (Wildman–Crippen MR) is 84.4 cm³/mol. The highest BCUT2D eigenvalue weighted by Crippen LogP contribution is 2.71. The van der Waals surface area contributed by atoms with Crippen molar-refractivity contribution in [3.63, 3.8) is 0 Å². The van der Waals surface area contributed by atoms with Crippen LogP contribution in [0.3, 0.4) is 0 Å². The van der Waals surface area contributed by atoms with Crippen molar-refractivity contribution in [1.29, 1.82) is 0 Å². The summed E-state index contributed by atoms with van der Waals surface area (Å²) in [4.78, 5) is 0. The molecule has 0 spiro atoms. The van der Waals surface area contributed by atoms with Gasteiger partial charge in [0.05, 0.1) is 12.2 Å². The Labute approximate surface area is 141 Å². The Kier molecular flexibility index (Phi) is 3.50. The summed E-state index contributed by atoms with van der Waals surface area (Å²) in [5.74, 6) is -3.64. The van der Waals surface area contributed by atoms with Crippen molar-refractivity contribution >= 4 is 0 Å². The second kappa shape index (κ2) is 4.91. The smallest absolute Gasteiger partial charge is 0.282 e. The number of hydrogen-bond donors (Lipinski definition) is 2. The molecule has 4 saturated carbocycles.